The lowest BCUT2D eigenvalue weighted by atomic mass is 9.89. The van der Waals surface area contributed by atoms with Crippen LogP contribution < -0.4 is 10.6 Å². The summed E-state index contributed by atoms with van der Waals surface area (Å²) < 4.78 is 26.3. The summed E-state index contributed by atoms with van der Waals surface area (Å²) >= 11 is 0. The molecule has 1 saturated heterocycles. The topological polar surface area (TPSA) is 78.5 Å². The quantitative estimate of drug-likeness (QED) is 0.776. The molecule has 1 atom stereocenters. The van der Waals surface area contributed by atoms with E-state index in [1.54, 1.807) is 6.92 Å². The van der Waals surface area contributed by atoms with E-state index in [0.717, 1.165) is 36.3 Å². The number of halogens is 2. The van der Waals surface area contributed by atoms with Gasteiger partial charge in [-0.25, -0.2) is 13.6 Å². The Balaban J connectivity index is 1.50. The second kappa shape index (κ2) is 6.95. The largest absolute Gasteiger partial charge is 0.325 e. The van der Waals surface area contributed by atoms with Crippen LogP contribution in [-0.2, 0) is 28.0 Å². The van der Waals surface area contributed by atoms with Gasteiger partial charge in [-0.15, -0.1) is 0 Å². The van der Waals surface area contributed by atoms with E-state index in [1.807, 2.05) is 18.2 Å². The van der Waals surface area contributed by atoms with Crippen LogP contribution >= 0.6 is 0 Å². The maximum Gasteiger partial charge on any atom is 0.325 e. The molecule has 6 nitrogen and oxygen atoms in total. The molecule has 0 bridgehead atoms. The van der Waals surface area contributed by atoms with Crippen molar-refractivity contribution in [1.82, 2.24) is 10.2 Å². The molecule has 2 aromatic rings. The SMILES string of the molecule is C[C@@]1(c2ccc3c(c2)CCC3)NC(=O)N(CC(=O)Nc2ccc(F)c(F)c2)C1=O. The Bertz CT molecular complexity index is 1040. The Morgan fingerprint density at radius 2 is 1.86 bits per heavy atom. The van der Waals surface area contributed by atoms with E-state index in [1.165, 1.54) is 17.2 Å². The normalized spacial score (nSPS) is 20.6. The number of amides is 4. The first-order valence-electron chi connectivity index (χ1n) is 9.29. The van der Waals surface area contributed by atoms with Crippen molar-refractivity contribution in [3.63, 3.8) is 0 Å². The van der Waals surface area contributed by atoms with Crippen molar-refractivity contribution in [3.8, 4) is 0 Å². The van der Waals surface area contributed by atoms with Gasteiger partial charge in [-0.3, -0.25) is 14.5 Å². The number of fused-ring (bicyclic) bond motifs is 1. The predicted octanol–water partition coefficient (Wildman–Crippen LogP) is 2.86. The number of anilines is 1. The summed E-state index contributed by atoms with van der Waals surface area (Å²) in [5, 5.41) is 5.03. The van der Waals surface area contributed by atoms with Crippen molar-refractivity contribution in [2.75, 3.05) is 11.9 Å². The van der Waals surface area contributed by atoms with Crippen LogP contribution in [0.3, 0.4) is 0 Å². The highest BCUT2D eigenvalue weighted by atomic mass is 19.2. The molecular formula is C21H19F2N3O3. The second-order valence-corrected chi connectivity index (χ2v) is 7.46. The summed E-state index contributed by atoms with van der Waals surface area (Å²) in [6.45, 7) is 1.07. The summed E-state index contributed by atoms with van der Waals surface area (Å²) in [6, 6.07) is 7.95. The molecule has 0 saturated carbocycles. The van der Waals surface area contributed by atoms with Gasteiger partial charge in [-0.2, -0.15) is 0 Å². The number of imide groups is 1. The molecule has 1 heterocycles. The highest BCUT2D eigenvalue weighted by Crippen LogP contribution is 2.32. The molecule has 2 aliphatic rings. The van der Waals surface area contributed by atoms with Crippen LogP contribution in [0, 0.1) is 11.6 Å². The Kier molecular flexibility index (Phi) is 4.56. The first-order valence-corrected chi connectivity index (χ1v) is 9.29. The van der Waals surface area contributed by atoms with Crippen LogP contribution in [0.2, 0.25) is 0 Å². The third kappa shape index (κ3) is 3.35. The number of carbonyl (C=O) groups is 3. The minimum Gasteiger partial charge on any atom is -0.324 e. The number of hydrogen-bond acceptors (Lipinski definition) is 3. The van der Waals surface area contributed by atoms with E-state index >= 15 is 0 Å². The number of hydrogen-bond donors (Lipinski definition) is 2. The molecule has 1 aliphatic heterocycles. The first-order chi connectivity index (χ1) is 13.8. The summed E-state index contributed by atoms with van der Waals surface area (Å²) in [5.74, 6) is -3.39. The summed E-state index contributed by atoms with van der Waals surface area (Å²) in [4.78, 5) is 38.5. The van der Waals surface area contributed by atoms with Crippen LogP contribution in [0.15, 0.2) is 36.4 Å². The fourth-order valence-corrected chi connectivity index (χ4v) is 3.84. The zero-order valence-electron chi connectivity index (χ0n) is 15.7. The molecule has 4 rings (SSSR count). The van der Waals surface area contributed by atoms with Crippen molar-refractivity contribution in [2.45, 2.75) is 31.7 Å². The predicted molar refractivity (Wildman–Crippen MR) is 101 cm³/mol. The molecule has 0 radical (unpaired) electrons. The number of aryl methyl sites for hydroxylation is 2. The summed E-state index contributed by atoms with van der Waals surface area (Å²) in [7, 11) is 0. The maximum atomic E-state index is 13.3. The van der Waals surface area contributed by atoms with E-state index in [2.05, 4.69) is 10.6 Å². The van der Waals surface area contributed by atoms with Crippen molar-refractivity contribution in [1.29, 1.82) is 0 Å². The number of nitrogens with zero attached hydrogens (tertiary/aromatic N) is 1. The van der Waals surface area contributed by atoms with Crippen molar-refractivity contribution < 1.29 is 23.2 Å². The maximum absolute atomic E-state index is 13.3. The number of benzene rings is 2. The van der Waals surface area contributed by atoms with Gasteiger partial charge in [0.05, 0.1) is 0 Å². The average molecular weight is 399 g/mol. The van der Waals surface area contributed by atoms with E-state index in [-0.39, 0.29) is 5.69 Å². The molecule has 0 unspecified atom stereocenters. The minimum atomic E-state index is -1.27. The monoisotopic (exact) mass is 399 g/mol. The Hall–Kier alpha value is -3.29. The van der Waals surface area contributed by atoms with Crippen LogP contribution in [0.25, 0.3) is 0 Å². The van der Waals surface area contributed by atoms with Gasteiger partial charge < -0.3 is 10.6 Å². The molecule has 0 spiro atoms. The Morgan fingerprint density at radius 3 is 2.62 bits per heavy atom. The van der Waals surface area contributed by atoms with Gasteiger partial charge in [0, 0.05) is 11.8 Å². The zero-order chi connectivity index (χ0) is 20.8. The molecule has 2 aromatic carbocycles. The van der Waals surface area contributed by atoms with Crippen molar-refractivity contribution in [2.24, 2.45) is 0 Å². The molecule has 8 heteroatoms. The van der Waals surface area contributed by atoms with Gasteiger partial charge in [0.15, 0.2) is 11.6 Å². The van der Waals surface area contributed by atoms with E-state index < -0.39 is 41.6 Å². The van der Waals surface area contributed by atoms with Crippen molar-refractivity contribution >= 4 is 23.5 Å². The van der Waals surface area contributed by atoms with Crippen LogP contribution in [0.4, 0.5) is 19.3 Å². The molecule has 0 aromatic heterocycles. The van der Waals surface area contributed by atoms with Gasteiger partial charge in [0.25, 0.3) is 5.91 Å². The first kappa shape index (κ1) is 19.0. The Labute approximate surface area is 165 Å². The lowest BCUT2D eigenvalue weighted by Gasteiger charge is -2.23. The van der Waals surface area contributed by atoms with Crippen LogP contribution in [-0.4, -0.2) is 29.3 Å². The molecule has 1 fully saturated rings. The standard InChI is InChI=1S/C21H19F2N3O3/c1-21(14-6-5-12-3-2-4-13(12)9-14)19(28)26(20(29)25-21)11-18(27)24-15-7-8-16(22)17(23)10-15/h5-10H,2-4,11H2,1H3,(H,24,27)(H,25,29)/t21-/m0/s1. The lowest BCUT2D eigenvalue weighted by molar-refractivity contribution is -0.133. The lowest BCUT2D eigenvalue weighted by Crippen LogP contribution is -2.42. The van der Waals surface area contributed by atoms with E-state index in [0.29, 0.717) is 5.56 Å². The summed E-state index contributed by atoms with van der Waals surface area (Å²) in [6.07, 6.45) is 3.00. The number of carbonyl (C=O) groups excluding carboxylic acids is 3. The Morgan fingerprint density at radius 1 is 1.10 bits per heavy atom. The number of rotatable bonds is 4. The highest BCUT2D eigenvalue weighted by Gasteiger charge is 2.49. The summed E-state index contributed by atoms with van der Waals surface area (Å²) in [5.41, 5.74) is 1.84. The number of urea groups is 1. The van der Waals surface area contributed by atoms with Crippen LogP contribution in [0.1, 0.15) is 30.0 Å². The van der Waals surface area contributed by atoms with Gasteiger partial charge in [-0.1, -0.05) is 18.2 Å². The molecule has 150 valence electrons. The zero-order valence-corrected chi connectivity index (χ0v) is 15.7. The molecule has 1 aliphatic carbocycles. The molecular weight excluding hydrogens is 380 g/mol. The third-order valence-corrected chi connectivity index (χ3v) is 5.46. The van der Waals surface area contributed by atoms with E-state index in [9.17, 15) is 23.2 Å². The fourth-order valence-electron chi connectivity index (χ4n) is 3.84. The second-order valence-electron chi connectivity index (χ2n) is 7.46. The highest BCUT2D eigenvalue weighted by molar-refractivity contribution is 6.10. The molecule has 29 heavy (non-hydrogen) atoms. The van der Waals surface area contributed by atoms with Gasteiger partial charge in [-0.05, 0) is 55.0 Å². The van der Waals surface area contributed by atoms with Gasteiger partial charge >= 0.3 is 6.03 Å². The molecule has 2 N–H and O–H groups in total. The van der Waals surface area contributed by atoms with Crippen molar-refractivity contribution in [3.05, 3.63) is 64.7 Å². The van der Waals surface area contributed by atoms with E-state index in [4.69, 9.17) is 0 Å². The van der Waals surface area contributed by atoms with Gasteiger partial charge in [0.1, 0.15) is 12.1 Å². The fraction of sp³-hybridized carbons (Fsp3) is 0.286. The minimum absolute atomic E-state index is 0.0299. The molecule has 4 amide bonds. The van der Waals surface area contributed by atoms with Crippen LogP contribution in [0.5, 0.6) is 0 Å². The third-order valence-electron chi connectivity index (χ3n) is 5.46. The average Bonchev–Trinajstić information content (AvgIpc) is 3.23. The number of nitrogens with one attached hydrogen (secondary N) is 2. The smallest absolute Gasteiger partial charge is 0.324 e. The van der Waals surface area contributed by atoms with Gasteiger partial charge in [0.2, 0.25) is 5.91 Å².